The van der Waals surface area contributed by atoms with Crippen LogP contribution in [-0.2, 0) is 15.7 Å². The van der Waals surface area contributed by atoms with E-state index in [1.807, 2.05) is 0 Å². The number of amides is 1. The van der Waals surface area contributed by atoms with Gasteiger partial charge in [0.1, 0.15) is 0 Å². The zero-order valence-electron chi connectivity index (χ0n) is 11.4. The van der Waals surface area contributed by atoms with Crippen LogP contribution in [0.1, 0.15) is 12.0 Å². The van der Waals surface area contributed by atoms with Crippen molar-refractivity contribution in [3.8, 4) is 0 Å². The van der Waals surface area contributed by atoms with Gasteiger partial charge in [0.25, 0.3) is 0 Å². The lowest BCUT2D eigenvalue weighted by Gasteiger charge is -2.12. The fourth-order valence-electron chi connectivity index (χ4n) is 1.54. The Morgan fingerprint density at radius 3 is 2.67 bits per heavy atom. The minimum atomic E-state index is -4.43. The van der Waals surface area contributed by atoms with E-state index in [4.69, 9.17) is 4.74 Å². The van der Waals surface area contributed by atoms with Crippen molar-refractivity contribution in [1.29, 1.82) is 0 Å². The molecule has 1 amide bonds. The first-order valence-corrected chi connectivity index (χ1v) is 6.99. The molecule has 0 unspecified atom stereocenters. The summed E-state index contributed by atoms with van der Waals surface area (Å²) < 4.78 is 43.1. The largest absolute Gasteiger partial charge is 0.416 e. The van der Waals surface area contributed by atoms with Gasteiger partial charge in [0.15, 0.2) is 0 Å². The van der Waals surface area contributed by atoms with Crippen molar-refractivity contribution in [2.24, 2.45) is 0 Å². The third kappa shape index (κ3) is 6.81. The zero-order chi connectivity index (χ0) is 15.9. The van der Waals surface area contributed by atoms with Gasteiger partial charge in [0.05, 0.1) is 12.1 Å². The Kier molecular flexibility index (Phi) is 6.97. The molecule has 0 saturated heterocycles. The van der Waals surface area contributed by atoms with Crippen LogP contribution in [0.2, 0.25) is 0 Å². The summed E-state index contributed by atoms with van der Waals surface area (Å²) in [5, 5.41) is 5.30. The Bertz CT molecular complexity index is 481. The molecule has 21 heavy (non-hydrogen) atoms. The number of hydrogen-bond acceptors (Lipinski definition) is 3. The number of methoxy groups -OCH3 is 1. The molecule has 8 heteroatoms. The number of nitrogens with one attached hydrogen (secondary N) is 2. The van der Waals surface area contributed by atoms with E-state index in [2.05, 4.69) is 26.6 Å². The summed E-state index contributed by atoms with van der Waals surface area (Å²) >= 11 is 3.02. The maximum absolute atomic E-state index is 12.6. The lowest BCUT2D eigenvalue weighted by molar-refractivity contribution is -0.137. The summed E-state index contributed by atoms with van der Waals surface area (Å²) in [7, 11) is 1.56. The highest BCUT2D eigenvalue weighted by atomic mass is 79.9. The van der Waals surface area contributed by atoms with Crippen molar-refractivity contribution in [3.63, 3.8) is 0 Å². The lowest BCUT2D eigenvalue weighted by Crippen LogP contribution is -2.31. The molecule has 1 aromatic rings. The minimum absolute atomic E-state index is 0.0965. The second-order valence-electron chi connectivity index (χ2n) is 4.28. The molecule has 1 aromatic carbocycles. The third-order valence-electron chi connectivity index (χ3n) is 2.53. The summed E-state index contributed by atoms with van der Waals surface area (Å²) in [6.07, 6.45) is -3.75. The molecule has 4 nitrogen and oxygen atoms in total. The molecule has 0 radical (unpaired) electrons. The van der Waals surface area contributed by atoms with E-state index in [1.165, 1.54) is 6.07 Å². The number of rotatable bonds is 7. The molecule has 0 fully saturated rings. The first-order chi connectivity index (χ1) is 9.82. The predicted octanol–water partition coefficient (Wildman–Crippen LogP) is 3.03. The van der Waals surface area contributed by atoms with Crippen molar-refractivity contribution in [1.82, 2.24) is 5.32 Å². The van der Waals surface area contributed by atoms with E-state index < -0.39 is 11.7 Å². The highest BCUT2D eigenvalue weighted by molar-refractivity contribution is 9.10. The van der Waals surface area contributed by atoms with E-state index in [0.29, 0.717) is 24.0 Å². The van der Waals surface area contributed by atoms with Crippen LogP contribution in [0, 0.1) is 0 Å². The van der Waals surface area contributed by atoms with Crippen LogP contribution < -0.4 is 10.6 Å². The van der Waals surface area contributed by atoms with Gasteiger partial charge < -0.3 is 15.4 Å². The zero-order valence-corrected chi connectivity index (χ0v) is 13.0. The molecule has 0 aliphatic heterocycles. The maximum Gasteiger partial charge on any atom is 0.416 e. The maximum atomic E-state index is 12.6. The summed E-state index contributed by atoms with van der Waals surface area (Å²) in [4.78, 5) is 11.5. The average molecular weight is 369 g/mol. The Morgan fingerprint density at radius 1 is 1.33 bits per heavy atom. The van der Waals surface area contributed by atoms with E-state index in [9.17, 15) is 18.0 Å². The molecule has 0 spiro atoms. The molecule has 0 aliphatic rings. The van der Waals surface area contributed by atoms with Crippen molar-refractivity contribution < 1.29 is 22.7 Å². The van der Waals surface area contributed by atoms with Gasteiger partial charge in [-0.25, -0.2) is 0 Å². The van der Waals surface area contributed by atoms with E-state index in [-0.39, 0.29) is 18.1 Å². The van der Waals surface area contributed by atoms with Crippen molar-refractivity contribution in [2.75, 3.05) is 32.1 Å². The lowest BCUT2D eigenvalue weighted by atomic mass is 10.2. The second kappa shape index (κ2) is 8.23. The van der Waals surface area contributed by atoms with E-state index >= 15 is 0 Å². The quantitative estimate of drug-likeness (QED) is 0.727. The standard InChI is InChI=1S/C13H16BrF3N2O2/c1-21-4-2-3-18-12(20)8-19-11-6-9(13(15,16)17)5-10(14)7-11/h5-7,19H,2-4,8H2,1H3,(H,18,20). The molecule has 0 saturated carbocycles. The Morgan fingerprint density at radius 2 is 2.05 bits per heavy atom. The molecule has 1 rings (SSSR count). The van der Waals surface area contributed by atoms with Crippen LogP contribution >= 0.6 is 15.9 Å². The summed E-state index contributed by atoms with van der Waals surface area (Å²) in [6, 6.07) is 3.42. The van der Waals surface area contributed by atoms with Crippen LogP contribution in [-0.4, -0.2) is 32.7 Å². The molecule has 0 aliphatic carbocycles. The summed E-state index contributed by atoms with van der Waals surface area (Å²) in [6.45, 7) is 0.898. The molecule has 0 atom stereocenters. The number of benzene rings is 1. The van der Waals surface area contributed by atoms with Crippen LogP contribution in [0.25, 0.3) is 0 Å². The Balaban J connectivity index is 2.52. The van der Waals surface area contributed by atoms with Crippen LogP contribution in [0.15, 0.2) is 22.7 Å². The van der Waals surface area contributed by atoms with Crippen molar-refractivity contribution in [2.45, 2.75) is 12.6 Å². The third-order valence-corrected chi connectivity index (χ3v) is 2.98. The van der Waals surface area contributed by atoms with Crippen LogP contribution in [0.4, 0.5) is 18.9 Å². The van der Waals surface area contributed by atoms with Gasteiger partial charge in [-0.1, -0.05) is 15.9 Å². The number of hydrogen-bond donors (Lipinski definition) is 2. The smallest absolute Gasteiger partial charge is 0.385 e. The fraction of sp³-hybridized carbons (Fsp3) is 0.462. The van der Waals surface area contributed by atoms with Gasteiger partial charge in [-0.3, -0.25) is 4.79 Å². The van der Waals surface area contributed by atoms with Gasteiger partial charge >= 0.3 is 6.18 Å². The van der Waals surface area contributed by atoms with Gasteiger partial charge in [-0.05, 0) is 24.6 Å². The number of anilines is 1. The number of alkyl halides is 3. The monoisotopic (exact) mass is 368 g/mol. The SMILES string of the molecule is COCCCNC(=O)CNc1cc(Br)cc(C(F)(F)F)c1. The second-order valence-corrected chi connectivity index (χ2v) is 5.19. The van der Waals surface area contributed by atoms with Gasteiger partial charge in [0, 0.05) is 30.4 Å². The van der Waals surface area contributed by atoms with E-state index in [1.54, 1.807) is 7.11 Å². The van der Waals surface area contributed by atoms with Crippen molar-refractivity contribution >= 4 is 27.5 Å². The number of carbonyl (C=O) groups is 1. The highest BCUT2D eigenvalue weighted by Crippen LogP contribution is 2.33. The molecule has 0 heterocycles. The highest BCUT2D eigenvalue weighted by Gasteiger charge is 2.31. The minimum Gasteiger partial charge on any atom is -0.385 e. The normalized spacial score (nSPS) is 11.3. The molecule has 0 bridgehead atoms. The summed E-state index contributed by atoms with van der Waals surface area (Å²) in [5.41, 5.74) is -0.552. The predicted molar refractivity (Wildman–Crippen MR) is 77.1 cm³/mol. The Labute approximate surface area is 129 Å². The number of ether oxygens (including phenoxy) is 1. The van der Waals surface area contributed by atoms with Crippen LogP contribution in [0.5, 0.6) is 0 Å². The topological polar surface area (TPSA) is 50.4 Å². The van der Waals surface area contributed by atoms with Gasteiger partial charge in [0.2, 0.25) is 5.91 Å². The molecule has 118 valence electrons. The fourth-order valence-corrected chi connectivity index (χ4v) is 2.04. The molecule has 2 N–H and O–H groups in total. The van der Waals surface area contributed by atoms with Gasteiger partial charge in [-0.15, -0.1) is 0 Å². The summed E-state index contributed by atoms with van der Waals surface area (Å²) in [5.74, 6) is -0.292. The number of carbonyl (C=O) groups excluding carboxylic acids is 1. The molecular formula is C13H16BrF3N2O2. The van der Waals surface area contributed by atoms with Crippen molar-refractivity contribution in [3.05, 3.63) is 28.2 Å². The molecular weight excluding hydrogens is 353 g/mol. The van der Waals surface area contributed by atoms with E-state index in [0.717, 1.165) is 12.1 Å². The van der Waals surface area contributed by atoms with Gasteiger partial charge in [-0.2, -0.15) is 13.2 Å². The molecule has 0 aromatic heterocycles. The Hall–Kier alpha value is -1.28. The first-order valence-electron chi connectivity index (χ1n) is 6.20. The average Bonchev–Trinajstić information content (AvgIpc) is 2.40. The first kappa shape index (κ1) is 17.8. The number of halogens is 4. The van der Waals surface area contributed by atoms with Crippen LogP contribution in [0.3, 0.4) is 0 Å².